The Labute approximate surface area is 252 Å². The van der Waals surface area contributed by atoms with E-state index in [4.69, 9.17) is 26.7 Å². The summed E-state index contributed by atoms with van der Waals surface area (Å²) in [6.07, 6.45) is 3.48. The molecule has 0 spiro atoms. The maximum atomic E-state index is 11.7. The molecule has 0 bridgehead atoms. The van der Waals surface area contributed by atoms with Crippen LogP contribution >= 0.6 is 22.9 Å². The Hall–Kier alpha value is -4.18. The molecule has 0 unspecified atom stereocenters. The zero-order valence-corrected chi connectivity index (χ0v) is 25.5. The van der Waals surface area contributed by atoms with E-state index in [0.717, 1.165) is 54.6 Å². The molecule has 0 aliphatic carbocycles. The van der Waals surface area contributed by atoms with Gasteiger partial charge in [0, 0.05) is 34.8 Å². The summed E-state index contributed by atoms with van der Waals surface area (Å²) < 4.78 is 2.73. The highest BCUT2D eigenvalue weighted by atomic mass is 35.5. The fraction of sp³-hybridized carbons (Fsp3) is 0.219. The van der Waals surface area contributed by atoms with E-state index in [0.29, 0.717) is 15.9 Å². The highest BCUT2D eigenvalue weighted by Gasteiger charge is 2.20. The molecular weight excluding hydrogens is 570 g/mol. The van der Waals surface area contributed by atoms with Gasteiger partial charge in [-0.25, -0.2) is 15.0 Å². The van der Waals surface area contributed by atoms with Crippen molar-refractivity contribution in [1.82, 2.24) is 24.7 Å². The van der Waals surface area contributed by atoms with Crippen molar-refractivity contribution >= 4 is 50.0 Å². The van der Waals surface area contributed by atoms with E-state index in [1.807, 2.05) is 73.4 Å². The minimum atomic E-state index is -0.885. The molecule has 10 heteroatoms. The molecule has 0 aliphatic heterocycles. The van der Waals surface area contributed by atoms with Gasteiger partial charge in [0.2, 0.25) is 0 Å². The van der Waals surface area contributed by atoms with Crippen molar-refractivity contribution in [3.8, 4) is 33.2 Å². The molecule has 8 nitrogen and oxygen atoms in total. The maximum absolute atomic E-state index is 11.7. The predicted molar refractivity (Wildman–Crippen MR) is 169 cm³/mol. The SMILES string of the molecule is CC(C)(C)O.Cc1cc2nc(-c3nccc(-c4ccc5c(cnn5C)c4)n3)sc2c(-c2ccc(Cl)cc2)c1CC(=O)O. The Morgan fingerprint density at radius 3 is 2.40 bits per heavy atom. The number of aliphatic hydroxyl groups is 1. The molecule has 6 rings (SSSR count). The van der Waals surface area contributed by atoms with Gasteiger partial charge in [0.05, 0.1) is 39.6 Å². The zero-order valence-electron chi connectivity index (χ0n) is 23.9. The molecule has 0 atom stereocenters. The highest BCUT2D eigenvalue weighted by molar-refractivity contribution is 7.22. The molecule has 3 aromatic heterocycles. The van der Waals surface area contributed by atoms with Crippen molar-refractivity contribution < 1.29 is 15.0 Å². The Morgan fingerprint density at radius 1 is 1.02 bits per heavy atom. The van der Waals surface area contributed by atoms with Crippen LogP contribution in [0.5, 0.6) is 0 Å². The average molecular weight is 600 g/mol. The molecule has 3 heterocycles. The van der Waals surface area contributed by atoms with Crippen molar-refractivity contribution in [2.75, 3.05) is 0 Å². The van der Waals surface area contributed by atoms with Gasteiger partial charge in [-0.1, -0.05) is 29.8 Å². The third-order valence-electron chi connectivity index (χ3n) is 6.36. The first kappa shape index (κ1) is 29.3. The van der Waals surface area contributed by atoms with Gasteiger partial charge < -0.3 is 10.2 Å². The summed E-state index contributed by atoms with van der Waals surface area (Å²) in [6.45, 7) is 7.15. The van der Waals surface area contributed by atoms with E-state index in [2.05, 4.69) is 16.1 Å². The van der Waals surface area contributed by atoms with Crippen LogP contribution < -0.4 is 0 Å². The summed E-state index contributed by atoms with van der Waals surface area (Å²) in [6, 6.07) is 17.4. The summed E-state index contributed by atoms with van der Waals surface area (Å²) in [5, 5.41) is 24.8. The molecule has 3 aromatic carbocycles. The van der Waals surface area contributed by atoms with Crippen LogP contribution in [-0.2, 0) is 18.3 Å². The number of carboxylic acid groups (broad SMARTS) is 1. The maximum Gasteiger partial charge on any atom is 0.307 e. The van der Waals surface area contributed by atoms with Crippen molar-refractivity contribution in [3.05, 3.63) is 83.1 Å². The van der Waals surface area contributed by atoms with Gasteiger partial charge in [-0.2, -0.15) is 5.10 Å². The van der Waals surface area contributed by atoms with Crippen LogP contribution in [0.25, 0.3) is 54.3 Å². The van der Waals surface area contributed by atoms with Gasteiger partial charge in [-0.3, -0.25) is 9.48 Å². The van der Waals surface area contributed by atoms with Crippen molar-refractivity contribution in [2.24, 2.45) is 7.05 Å². The van der Waals surface area contributed by atoms with Gasteiger partial charge in [0.15, 0.2) is 10.8 Å². The number of thiazole rings is 1. The lowest BCUT2D eigenvalue weighted by atomic mass is 9.93. The molecule has 0 radical (unpaired) electrons. The number of aromatic nitrogens is 5. The largest absolute Gasteiger partial charge is 0.481 e. The molecule has 2 N–H and O–H groups in total. The van der Waals surface area contributed by atoms with Crippen LogP contribution in [0.4, 0.5) is 0 Å². The number of halogens is 1. The number of hydrogen-bond acceptors (Lipinski definition) is 7. The molecule has 0 aliphatic rings. The van der Waals surface area contributed by atoms with Crippen LogP contribution in [0, 0.1) is 6.92 Å². The predicted octanol–water partition coefficient (Wildman–Crippen LogP) is 7.34. The number of aliphatic carboxylic acids is 1. The lowest BCUT2D eigenvalue weighted by Gasteiger charge is -2.13. The minimum Gasteiger partial charge on any atom is -0.481 e. The summed E-state index contributed by atoms with van der Waals surface area (Å²) in [5.41, 5.74) is 6.46. The summed E-state index contributed by atoms with van der Waals surface area (Å²) in [7, 11) is 1.92. The number of nitrogens with zero attached hydrogens (tertiary/aromatic N) is 5. The average Bonchev–Trinajstić information content (AvgIpc) is 3.52. The number of carbonyl (C=O) groups is 1. The van der Waals surface area contributed by atoms with Crippen molar-refractivity contribution in [1.29, 1.82) is 0 Å². The minimum absolute atomic E-state index is 0.0875. The third-order valence-corrected chi connectivity index (χ3v) is 7.70. The molecule has 214 valence electrons. The molecular formula is C32H30ClN5O3S. The second-order valence-electron chi connectivity index (χ2n) is 11.0. The first-order valence-corrected chi connectivity index (χ1v) is 14.5. The van der Waals surface area contributed by atoms with E-state index < -0.39 is 11.6 Å². The van der Waals surface area contributed by atoms with Crippen LogP contribution in [0.15, 0.2) is 67.0 Å². The zero-order chi connectivity index (χ0) is 30.2. The Balaban J connectivity index is 0.000000652. The summed E-state index contributed by atoms with van der Waals surface area (Å²) >= 11 is 7.59. The molecule has 0 saturated carbocycles. The number of fused-ring (bicyclic) bond motifs is 2. The molecule has 42 heavy (non-hydrogen) atoms. The van der Waals surface area contributed by atoms with Gasteiger partial charge in [-0.15, -0.1) is 11.3 Å². The summed E-state index contributed by atoms with van der Waals surface area (Å²) in [4.78, 5) is 25.9. The topological polar surface area (TPSA) is 114 Å². The van der Waals surface area contributed by atoms with E-state index >= 15 is 0 Å². The van der Waals surface area contributed by atoms with Crippen molar-refractivity contribution in [3.63, 3.8) is 0 Å². The standard InChI is InChI=1S/C28H20ClN5O2S.C4H10O/c1-15-11-22-26(25(20(15)13-24(35)36)16-3-6-19(29)7-4-16)37-28(33-22)27-30-10-9-21(32-27)17-5-8-23-18(12-17)14-31-34(23)2;1-4(2,3)5/h3-12,14H,13H2,1-2H3,(H,35,36);5H,1-3H3. The van der Waals surface area contributed by atoms with Crippen molar-refractivity contribution in [2.45, 2.75) is 39.7 Å². The molecule has 6 aromatic rings. The Bertz CT molecular complexity index is 1920. The van der Waals surface area contributed by atoms with Crippen LogP contribution in [0.1, 0.15) is 31.9 Å². The van der Waals surface area contributed by atoms with Crippen LogP contribution in [0.3, 0.4) is 0 Å². The lowest BCUT2D eigenvalue weighted by Crippen LogP contribution is -2.10. The molecule has 0 fully saturated rings. The number of aryl methyl sites for hydroxylation is 2. The third kappa shape index (κ3) is 6.49. The number of carboxylic acids is 1. The smallest absolute Gasteiger partial charge is 0.307 e. The van der Waals surface area contributed by atoms with Gasteiger partial charge in [0.25, 0.3) is 0 Å². The monoisotopic (exact) mass is 599 g/mol. The molecule has 0 saturated heterocycles. The van der Waals surface area contributed by atoms with E-state index in [1.165, 1.54) is 11.3 Å². The van der Waals surface area contributed by atoms with E-state index in [9.17, 15) is 9.90 Å². The van der Waals surface area contributed by atoms with Crippen LogP contribution in [0.2, 0.25) is 5.02 Å². The summed E-state index contributed by atoms with van der Waals surface area (Å²) in [5.74, 6) is -0.367. The number of hydrogen-bond donors (Lipinski definition) is 2. The fourth-order valence-electron chi connectivity index (χ4n) is 4.58. The van der Waals surface area contributed by atoms with Crippen LogP contribution in [-0.4, -0.2) is 46.5 Å². The highest BCUT2D eigenvalue weighted by Crippen LogP contribution is 2.40. The number of benzene rings is 3. The van der Waals surface area contributed by atoms with E-state index in [-0.39, 0.29) is 6.42 Å². The first-order chi connectivity index (χ1) is 19.9. The van der Waals surface area contributed by atoms with Gasteiger partial charge >= 0.3 is 5.97 Å². The Morgan fingerprint density at radius 2 is 1.71 bits per heavy atom. The number of rotatable bonds is 5. The fourth-order valence-corrected chi connectivity index (χ4v) is 5.78. The second kappa shape index (κ2) is 11.6. The first-order valence-electron chi connectivity index (χ1n) is 13.3. The van der Waals surface area contributed by atoms with Gasteiger partial charge in [-0.05, 0) is 80.8 Å². The van der Waals surface area contributed by atoms with E-state index in [1.54, 1.807) is 27.0 Å². The normalized spacial score (nSPS) is 11.5. The lowest BCUT2D eigenvalue weighted by molar-refractivity contribution is -0.136. The molecule has 0 amide bonds. The van der Waals surface area contributed by atoms with Gasteiger partial charge in [0.1, 0.15) is 0 Å². The second-order valence-corrected chi connectivity index (χ2v) is 12.4. The quantitative estimate of drug-likeness (QED) is 0.213. The Kier molecular flexibility index (Phi) is 8.10.